The largest absolute Gasteiger partial charge is 0.496 e. The molecule has 0 amide bonds. The Bertz CT molecular complexity index is 369. The van der Waals surface area contributed by atoms with E-state index in [2.05, 4.69) is 6.58 Å². The molecule has 0 aliphatic carbocycles. The van der Waals surface area contributed by atoms with Gasteiger partial charge in [0.25, 0.3) is 0 Å². The lowest BCUT2D eigenvalue weighted by atomic mass is 9.93. The van der Waals surface area contributed by atoms with Crippen LogP contribution in [0, 0.1) is 0 Å². The van der Waals surface area contributed by atoms with Gasteiger partial charge in [0, 0.05) is 12.0 Å². The summed E-state index contributed by atoms with van der Waals surface area (Å²) in [7, 11) is 11.4. The number of hydrogen-bond acceptors (Lipinski definition) is 6. The molecule has 0 spiro atoms. The van der Waals surface area contributed by atoms with Crippen LogP contribution in [0.2, 0.25) is 0 Å². The van der Waals surface area contributed by atoms with Crippen molar-refractivity contribution in [1.29, 1.82) is 0 Å². The van der Waals surface area contributed by atoms with Crippen LogP contribution < -0.4 is 0 Å². The molecule has 0 aromatic carbocycles. The van der Waals surface area contributed by atoms with Crippen molar-refractivity contribution in [3.63, 3.8) is 0 Å². The van der Waals surface area contributed by atoms with Gasteiger partial charge in [-0.1, -0.05) is 6.58 Å². The molecule has 0 bridgehead atoms. The molecule has 2 heterocycles. The molecule has 2 fully saturated rings. The van der Waals surface area contributed by atoms with Crippen molar-refractivity contribution >= 4 is 15.7 Å². The van der Waals surface area contributed by atoms with Gasteiger partial charge >= 0.3 is 0 Å². The van der Waals surface area contributed by atoms with Crippen LogP contribution in [0.25, 0.3) is 0 Å². The fourth-order valence-electron chi connectivity index (χ4n) is 2.44. The molecule has 2 N–H and O–H groups in total. The third-order valence-corrected chi connectivity index (χ3v) is 3.57. The van der Waals surface area contributed by atoms with Gasteiger partial charge in [-0.25, -0.2) is 0 Å². The van der Waals surface area contributed by atoms with E-state index in [0.717, 1.165) is 0 Å². The maximum Gasteiger partial charge on any atom is 0.119 e. The summed E-state index contributed by atoms with van der Waals surface area (Å²) in [5, 5.41) is 19.9. The second-order valence-corrected chi connectivity index (χ2v) is 5.46. The Labute approximate surface area is 127 Å². The average Bonchev–Trinajstić information content (AvgIpc) is 2.85. The van der Waals surface area contributed by atoms with E-state index >= 15 is 0 Å². The molecule has 0 aromatic heterocycles. The van der Waals surface area contributed by atoms with Crippen molar-refractivity contribution in [3.8, 4) is 0 Å². The van der Waals surface area contributed by atoms with Crippen molar-refractivity contribution in [2.75, 3.05) is 13.2 Å². The van der Waals surface area contributed by atoms with Crippen LogP contribution in [-0.4, -0.2) is 81.6 Å². The maximum atomic E-state index is 10.2. The molecule has 114 valence electrons. The van der Waals surface area contributed by atoms with Gasteiger partial charge in [0.15, 0.2) is 0 Å². The van der Waals surface area contributed by atoms with Crippen molar-refractivity contribution in [3.05, 3.63) is 12.3 Å². The Morgan fingerprint density at radius 2 is 1.95 bits per heavy atom. The Morgan fingerprint density at radius 1 is 1.24 bits per heavy atom. The van der Waals surface area contributed by atoms with Crippen molar-refractivity contribution in [2.24, 2.45) is 0 Å². The third-order valence-electron chi connectivity index (χ3n) is 3.57. The van der Waals surface area contributed by atoms with Crippen LogP contribution in [0.4, 0.5) is 0 Å². The first-order valence-corrected chi connectivity index (χ1v) is 6.96. The molecule has 2 rings (SSSR count). The molecule has 0 saturated carbocycles. The number of rotatable bonds is 6. The topological polar surface area (TPSA) is 77.4 Å². The summed E-state index contributed by atoms with van der Waals surface area (Å²) in [4.78, 5) is 0. The van der Waals surface area contributed by atoms with E-state index in [9.17, 15) is 10.2 Å². The lowest BCUT2D eigenvalue weighted by molar-refractivity contribution is -0.0824. The highest BCUT2D eigenvalue weighted by atomic mass is 16.6. The average molecular weight is 294 g/mol. The molecule has 2 aliphatic heterocycles. The standard InChI is InChI=1S/C13H20B2O6/c1-6(2)18-5-9-11(17)12(13(15)21-9)19-4-8-7(16)3-10(14)20-8/h7-13,16-17H,1,3-5H2,2H3. The number of ether oxygens (including phenoxy) is 4. The SMILES string of the molecule is [B]C1CC(O)C(COC2C([B])OC(COC(=C)C)C2O)O1. The quantitative estimate of drug-likeness (QED) is 0.474. The highest BCUT2D eigenvalue weighted by molar-refractivity contribution is 6.11. The Hall–Kier alpha value is -0.530. The molecular formula is C13H20B2O6. The normalized spacial score (nSPS) is 43.1. The molecule has 2 saturated heterocycles. The summed E-state index contributed by atoms with van der Waals surface area (Å²) in [5.41, 5.74) is 0. The van der Waals surface area contributed by atoms with E-state index in [1.165, 1.54) is 0 Å². The van der Waals surface area contributed by atoms with Gasteiger partial charge in [0.1, 0.15) is 46.7 Å². The number of aliphatic hydroxyl groups is 2. The molecule has 4 radical (unpaired) electrons. The minimum atomic E-state index is -0.924. The molecule has 7 atom stereocenters. The lowest BCUT2D eigenvalue weighted by Gasteiger charge is -2.22. The number of allylic oxidation sites excluding steroid dienone is 1. The van der Waals surface area contributed by atoms with Crippen LogP contribution >= 0.6 is 0 Å². The molecule has 21 heavy (non-hydrogen) atoms. The van der Waals surface area contributed by atoms with Crippen molar-refractivity contribution in [1.82, 2.24) is 0 Å². The van der Waals surface area contributed by atoms with E-state index in [4.69, 9.17) is 34.6 Å². The Balaban J connectivity index is 1.81. The van der Waals surface area contributed by atoms with Crippen LogP contribution in [0.15, 0.2) is 12.3 Å². The second kappa shape index (κ2) is 7.15. The van der Waals surface area contributed by atoms with Gasteiger partial charge in [-0.2, -0.15) is 0 Å². The van der Waals surface area contributed by atoms with Crippen LogP contribution in [0.3, 0.4) is 0 Å². The molecular weight excluding hydrogens is 274 g/mol. The summed E-state index contributed by atoms with van der Waals surface area (Å²) >= 11 is 0. The van der Waals surface area contributed by atoms with Gasteiger partial charge in [0.2, 0.25) is 0 Å². The van der Waals surface area contributed by atoms with Crippen molar-refractivity contribution in [2.45, 2.75) is 55.9 Å². The third kappa shape index (κ3) is 4.23. The summed E-state index contributed by atoms with van der Waals surface area (Å²) in [6.07, 6.45) is -3.07. The van der Waals surface area contributed by atoms with Gasteiger partial charge < -0.3 is 29.2 Å². The number of hydrogen-bond donors (Lipinski definition) is 2. The van der Waals surface area contributed by atoms with E-state index in [0.29, 0.717) is 12.2 Å². The highest BCUT2D eigenvalue weighted by Gasteiger charge is 2.43. The molecule has 2 aliphatic rings. The van der Waals surface area contributed by atoms with E-state index in [1.807, 2.05) is 0 Å². The smallest absolute Gasteiger partial charge is 0.119 e. The fraction of sp³-hybridized carbons (Fsp3) is 0.846. The van der Waals surface area contributed by atoms with Crippen LogP contribution in [-0.2, 0) is 18.9 Å². The number of aliphatic hydroxyl groups excluding tert-OH is 2. The molecule has 7 unspecified atom stereocenters. The minimum Gasteiger partial charge on any atom is -0.496 e. The second-order valence-electron chi connectivity index (χ2n) is 5.46. The van der Waals surface area contributed by atoms with Crippen molar-refractivity contribution < 1.29 is 29.2 Å². The maximum absolute atomic E-state index is 10.2. The van der Waals surface area contributed by atoms with Gasteiger partial charge in [-0.15, -0.1) is 0 Å². The summed E-state index contributed by atoms with van der Waals surface area (Å²) in [6, 6.07) is -1.27. The van der Waals surface area contributed by atoms with Gasteiger partial charge in [-0.3, -0.25) is 0 Å². The van der Waals surface area contributed by atoms with E-state index in [-0.39, 0.29) is 13.2 Å². The lowest BCUT2D eigenvalue weighted by Crippen LogP contribution is -2.39. The fourth-order valence-corrected chi connectivity index (χ4v) is 2.44. The minimum absolute atomic E-state index is 0.0850. The predicted octanol–water partition coefficient (Wildman–Crippen LogP) is -1.18. The van der Waals surface area contributed by atoms with Gasteiger partial charge in [-0.05, 0) is 13.3 Å². The monoisotopic (exact) mass is 294 g/mol. The zero-order valence-electron chi connectivity index (χ0n) is 12.1. The first-order chi connectivity index (χ1) is 9.88. The zero-order valence-corrected chi connectivity index (χ0v) is 12.1. The van der Waals surface area contributed by atoms with Gasteiger partial charge in [0.05, 0.1) is 18.5 Å². The first-order valence-electron chi connectivity index (χ1n) is 6.96. The predicted molar refractivity (Wildman–Crippen MR) is 76.0 cm³/mol. The summed E-state index contributed by atoms with van der Waals surface area (Å²) in [6.45, 7) is 5.55. The molecule has 0 aromatic rings. The zero-order chi connectivity index (χ0) is 15.6. The Morgan fingerprint density at radius 3 is 2.52 bits per heavy atom. The molecule has 6 nitrogen and oxygen atoms in total. The summed E-state index contributed by atoms with van der Waals surface area (Å²) in [5.74, 6) is 0.528. The van der Waals surface area contributed by atoms with E-state index in [1.54, 1.807) is 6.92 Å². The first kappa shape index (κ1) is 16.8. The summed E-state index contributed by atoms with van der Waals surface area (Å²) < 4.78 is 21.5. The van der Waals surface area contributed by atoms with Crippen LogP contribution in [0.5, 0.6) is 0 Å². The molecule has 8 heteroatoms. The van der Waals surface area contributed by atoms with E-state index < -0.39 is 42.5 Å². The Kier molecular flexibility index (Phi) is 5.73. The van der Waals surface area contributed by atoms with Crippen LogP contribution in [0.1, 0.15) is 13.3 Å². The highest BCUT2D eigenvalue weighted by Crippen LogP contribution is 2.25.